The zero-order chi connectivity index (χ0) is 14.4. The lowest BCUT2D eigenvalue weighted by atomic mass is 10.2. The van der Waals surface area contributed by atoms with Crippen molar-refractivity contribution in [1.29, 1.82) is 0 Å². The minimum Gasteiger partial charge on any atom is -0.464 e. The number of benzene rings is 1. The summed E-state index contributed by atoms with van der Waals surface area (Å²) in [4.78, 5) is 11.8. The summed E-state index contributed by atoms with van der Waals surface area (Å²) in [6, 6.07) is 11.4. The van der Waals surface area contributed by atoms with Crippen LogP contribution in [-0.2, 0) is 13.0 Å². The van der Waals surface area contributed by atoms with Gasteiger partial charge in [0.15, 0.2) is 0 Å². The van der Waals surface area contributed by atoms with Crippen molar-refractivity contribution in [2.24, 2.45) is 0 Å². The number of furan rings is 1. The van der Waals surface area contributed by atoms with Crippen LogP contribution in [0.3, 0.4) is 0 Å². The van der Waals surface area contributed by atoms with Gasteiger partial charge in [-0.25, -0.2) is 0 Å². The van der Waals surface area contributed by atoms with E-state index < -0.39 is 0 Å². The average Bonchev–Trinajstić information content (AvgIpc) is 2.94. The normalized spacial score (nSPS) is 10.3. The molecule has 0 saturated carbocycles. The van der Waals surface area contributed by atoms with Gasteiger partial charge in [0.1, 0.15) is 11.5 Å². The first-order valence-electron chi connectivity index (χ1n) is 6.92. The standard InChI is InChI=1S/C16H20N2O2/c1-3-14-8-9-15(20-14)11-18-13-7-5-6-12(10-13)16(19)17-4-2/h5-10,18H,3-4,11H2,1-2H3,(H,17,19). The van der Waals surface area contributed by atoms with E-state index in [-0.39, 0.29) is 5.91 Å². The number of hydrogen-bond donors (Lipinski definition) is 2. The molecule has 0 atom stereocenters. The van der Waals surface area contributed by atoms with Crippen LogP contribution in [0.2, 0.25) is 0 Å². The summed E-state index contributed by atoms with van der Waals surface area (Å²) in [7, 11) is 0. The molecule has 1 heterocycles. The van der Waals surface area contributed by atoms with Crippen molar-refractivity contribution in [1.82, 2.24) is 5.32 Å². The molecule has 20 heavy (non-hydrogen) atoms. The van der Waals surface area contributed by atoms with Gasteiger partial charge in [0.2, 0.25) is 0 Å². The number of hydrogen-bond acceptors (Lipinski definition) is 3. The number of carbonyl (C=O) groups is 1. The Balaban J connectivity index is 1.99. The highest BCUT2D eigenvalue weighted by molar-refractivity contribution is 5.95. The molecule has 1 amide bonds. The molecule has 0 aliphatic carbocycles. The van der Waals surface area contributed by atoms with Crippen LogP contribution in [0.5, 0.6) is 0 Å². The third-order valence-corrected chi connectivity index (χ3v) is 2.99. The summed E-state index contributed by atoms with van der Waals surface area (Å²) in [5, 5.41) is 6.05. The lowest BCUT2D eigenvalue weighted by molar-refractivity contribution is 0.0956. The molecular formula is C16H20N2O2. The molecule has 0 radical (unpaired) electrons. The number of carbonyl (C=O) groups excluding carboxylic acids is 1. The largest absolute Gasteiger partial charge is 0.464 e. The first-order chi connectivity index (χ1) is 9.72. The zero-order valence-corrected chi connectivity index (χ0v) is 11.9. The Labute approximate surface area is 119 Å². The van der Waals surface area contributed by atoms with Gasteiger partial charge >= 0.3 is 0 Å². The van der Waals surface area contributed by atoms with E-state index in [1.165, 1.54) is 0 Å². The molecule has 2 aromatic rings. The van der Waals surface area contributed by atoms with Gasteiger partial charge in [-0.05, 0) is 37.3 Å². The second kappa shape index (κ2) is 6.80. The minimum absolute atomic E-state index is 0.0533. The second-order valence-corrected chi connectivity index (χ2v) is 4.52. The van der Waals surface area contributed by atoms with Crippen molar-refractivity contribution in [3.8, 4) is 0 Å². The Kier molecular flexibility index (Phi) is 4.82. The van der Waals surface area contributed by atoms with Crippen LogP contribution in [-0.4, -0.2) is 12.5 Å². The van der Waals surface area contributed by atoms with E-state index in [9.17, 15) is 4.79 Å². The zero-order valence-electron chi connectivity index (χ0n) is 11.9. The summed E-state index contributed by atoms with van der Waals surface area (Å²) >= 11 is 0. The van der Waals surface area contributed by atoms with E-state index in [4.69, 9.17) is 4.42 Å². The molecule has 0 bridgehead atoms. The molecule has 0 fully saturated rings. The number of amides is 1. The molecule has 1 aromatic heterocycles. The first kappa shape index (κ1) is 14.2. The van der Waals surface area contributed by atoms with Crippen LogP contribution in [0.4, 0.5) is 5.69 Å². The van der Waals surface area contributed by atoms with Gasteiger partial charge in [-0.3, -0.25) is 4.79 Å². The van der Waals surface area contributed by atoms with Gasteiger partial charge in [0.05, 0.1) is 6.54 Å². The van der Waals surface area contributed by atoms with Gasteiger partial charge in [0.25, 0.3) is 5.91 Å². The predicted octanol–water partition coefficient (Wildman–Crippen LogP) is 3.20. The van der Waals surface area contributed by atoms with Gasteiger partial charge in [-0.2, -0.15) is 0 Å². The Morgan fingerprint density at radius 1 is 1.15 bits per heavy atom. The van der Waals surface area contributed by atoms with Crippen molar-refractivity contribution < 1.29 is 9.21 Å². The number of nitrogens with one attached hydrogen (secondary N) is 2. The SMILES string of the molecule is CCNC(=O)c1cccc(NCc2ccc(CC)o2)c1. The molecule has 106 valence electrons. The first-order valence-corrected chi connectivity index (χ1v) is 6.92. The molecule has 0 saturated heterocycles. The molecule has 0 aliphatic rings. The molecule has 0 aliphatic heterocycles. The fourth-order valence-electron chi connectivity index (χ4n) is 1.93. The molecular weight excluding hydrogens is 252 g/mol. The van der Waals surface area contributed by atoms with Crippen LogP contribution >= 0.6 is 0 Å². The summed E-state index contributed by atoms with van der Waals surface area (Å²) in [6.07, 6.45) is 0.896. The average molecular weight is 272 g/mol. The topological polar surface area (TPSA) is 54.3 Å². The van der Waals surface area contributed by atoms with Gasteiger partial charge < -0.3 is 15.1 Å². The van der Waals surface area contributed by atoms with Crippen molar-refractivity contribution in [3.63, 3.8) is 0 Å². The highest BCUT2D eigenvalue weighted by atomic mass is 16.3. The summed E-state index contributed by atoms with van der Waals surface area (Å²) in [5.41, 5.74) is 1.56. The smallest absolute Gasteiger partial charge is 0.251 e. The third-order valence-electron chi connectivity index (χ3n) is 2.99. The molecule has 2 N–H and O–H groups in total. The number of anilines is 1. The fourth-order valence-corrected chi connectivity index (χ4v) is 1.93. The van der Waals surface area contributed by atoms with Crippen LogP contribution in [0.25, 0.3) is 0 Å². The van der Waals surface area contributed by atoms with Gasteiger partial charge in [-0.1, -0.05) is 13.0 Å². The van der Waals surface area contributed by atoms with Crippen molar-refractivity contribution in [2.45, 2.75) is 26.8 Å². The third kappa shape index (κ3) is 3.63. The van der Waals surface area contributed by atoms with E-state index in [1.54, 1.807) is 6.07 Å². The second-order valence-electron chi connectivity index (χ2n) is 4.52. The Bertz CT molecular complexity index is 575. The van der Waals surface area contributed by atoms with Crippen molar-refractivity contribution >= 4 is 11.6 Å². The fraction of sp³-hybridized carbons (Fsp3) is 0.312. The van der Waals surface area contributed by atoms with Crippen LogP contribution in [0, 0.1) is 0 Å². The van der Waals surface area contributed by atoms with Crippen LogP contribution < -0.4 is 10.6 Å². The Morgan fingerprint density at radius 2 is 1.95 bits per heavy atom. The van der Waals surface area contributed by atoms with Gasteiger partial charge in [0, 0.05) is 24.2 Å². The highest BCUT2D eigenvalue weighted by Crippen LogP contribution is 2.14. The lowest BCUT2D eigenvalue weighted by Gasteiger charge is -2.07. The van der Waals surface area contributed by atoms with Crippen molar-refractivity contribution in [3.05, 3.63) is 53.5 Å². The molecule has 4 heteroatoms. The number of rotatable bonds is 6. The Morgan fingerprint density at radius 3 is 2.65 bits per heavy atom. The summed E-state index contributed by atoms with van der Waals surface area (Å²) < 4.78 is 5.63. The highest BCUT2D eigenvalue weighted by Gasteiger charge is 2.05. The predicted molar refractivity (Wildman–Crippen MR) is 79.9 cm³/mol. The van der Waals surface area contributed by atoms with E-state index >= 15 is 0 Å². The quantitative estimate of drug-likeness (QED) is 0.849. The molecule has 2 rings (SSSR count). The molecule has 1 aromatic carbocycles. The van der Waals surface area contributed by atoms with E-state index in [2.05, 4.69) is 17.6 Å². The van der Waals surface area contributed by atoms with Gasteiger partial charge in [-0.15, -0.1) is 0 Å². The summed E-state index contributed by atoms with van der Waals surface area (Å²) in [5.74, 6) is 1.82. The maximum Gasteiger partial charge on any atom is 0.251 e. The maximum atomic E-state index is 11.8. The summed E-state index contributed by atoms with van der Waals surface area (Å²) in [6.45, 7) is 5.20. The minimum atomic E-state index is -0.0533. The van der Waals surface area contributed by atoms with Crippen molar-refractivity contribution in [2.75, 3.05) is 11.9 Å². The monoisotopic (exact) mass is 272 g/mol. The molecule has 0 unspecified atom stereocenters. The van der Waals surface area contributed by atoms with Crippen LogP contribution in [0.15, 0.2) is 40.8 Å². The lowest BCUT2D eigenvalue weighted by Crippen LogP contribution is -2.22. The van der Waals surface area contributed by atoms with Crippen LogP contribution in [0.1, 0.15) is 35.7 Å². The molecule has 0 spiro atoms. The maximum absolute atomic E-state index is 11.8. The van der Waals surface area contributed by atoms with E-state index in [0.717, 1.165) is 23.6 Å². The number of aryl methyl sites for hydroxylation is 1. The van der Waals surface area contributed by atoms with E-state index in [0.29, 0.717) is 18.7 Å². The van der Waals surface area contributed by atoms with E-state index in [1.807, 2.05) is 37.3 Å². The molecule has 4 nitrogen and oxygen atoms in total. The Hall–Kier alpha value is -2.23.